The molecule has 6 heteroatoms. The summed E-state index contributed by atoms with van der Waals surface area (Å²) in [5.74, 6) is 0.775. The lowest BCUT2D eigenvalue weighted by atomic mass is 9.91. The van der Waals surface area contributed by atoms with Crippen molar-refractivity contribution in [3.05, 3.63) is 90.3 Å². The standard InChI is InChI=1S/C31H36N4O2/c36-21-3-4-23-15-19-35(20-16-23)31(37)30(22-25-8-7-24-5-1-2-6-29(24)25)34-27-11-9-26(10-12-27)33-28-13-17-32-18-14-28/h1-2,5-6,8-14,17-18,23,30,34,36H,3-4,7,15-16,19-22H2,(H,32,33). The summed E-state index contributed by atoms with van der Waals surface area (Å²) in [5, 5.41) is 16.1. The number of aliphatic hydroxyl groups is 1. The Labute approximate surface area is 219 Å². The third-order valence-corrected chi connectivity index (χ3v) is 7.55. The molecular formula is C31H36N4O2. The molecule has 1 fully saturated rings. The molecule has 0 saturated carbocycles. The van der Waals surface area contributed by atoms with Gasteiger partial charge < -0.3 is 20.6 Å². The van der Waals surface area contributed by atoms with Crippen LogP contribution in [0.2, 0.25) is 0 Å². The minimum Gasteiger partial charge on any atom is -0.396 e. The van der Waals surface area contributed by atoms with Gasteiger partial charge in [-0.25, -0.2) is 0 Å². The van der Waals surface area contributed by atoms with E-state index in [1.54, 1.807) is 12.4 Å². The van der Waals surface area contributed by atoms with Gasteiger partial charge in [0.1, 0.15) is 6.04 Å². The molecule has 3 aromatic rings. The molecule has 2 aliphatic rings. The molecule has 0 bridgehead atoms. The summed E-state index contributed by atoms with van der Waals surface area (Å²) in [5.41, 5.74) is 6.75. The van der Waals surface area contributed by atoms with E-state index in [0.29, 0.717) is 12.3 Å². The fourth-order valence-corrected chi connectivity index (χ4v) is 5.46. The van der Waals surface area contributed by atoms with Crippen LogP contribution in [0.5, 0.6) is 0 Å². The van der Waals surface area contributed by atoms with Gasteiger partial charge in [-0.15, -0.1) is 0 Å². The zero-order chi connectivity index (χ0) is 25.5. The number of hydrogen-bond acceptors (Lipinski definition) is 5. The molecule has 5 rings (SSSR count). The zero-order valence-corrected chi connectivity index (χ0v) is 21.3. The monoisotopic (exact) mass is 496 g/mol. The van der Waals surface area contributed by atoms with E-state index in [2.05, 4.69) is 46.0 Å². The molecule has 1 aliphatic heterocycles. The van der Waals surface area contributed by atoms with Crippen LogP contribution in [0.3, 0.4) is 0 Å². The third-order valence-electron chi connectivity index (χ3n) is 7.55. The number of carbonyl (C=O) groups excluding carboxylic acids is 1. The highest BCUT2D eigenvalue weighted by atomic mass is 16.3. The van der Waals surface area contributed by atoms with Crippen molar-refractivity contribution < 1.29 is 9.90 Å². The summed E-state index contributed by atoms with van der Waals surface area (Å²) in [6, 6.07) is 20.2. The minimum absolute atomic E-state index is 0.171. The maximum atomic E-state index is 13.8. The van der Waals surface area contributed by atoms with Crippen molar-refractivity contribution in [2.45, 2.75) is 44.6 Å². The number of nitrogens with one attached hydrogen (secondary N) is 2. The highest BCUT2D eigenvalue weighted by molar-refractivity contribution is 5.88. The number of aromatic nitrogens is 1. The number of carbonyl (C=O) groups is 1. The van der Waals surface area contributed by atoms with Gasteiger partial charge in [0, 0.05) is 55.6 Å². The van der Waals surface area contributed by atoms with Gasteiger partial charge >= 0.3 is 0 Å². The summed E-state index contributed by atoms with van der Waals surface area (Å²) >= 11 is 0. The summed E-state index contributed by atoms with van der Waals surface area (Å²) in [7, 11) is 0. The Balaban J connectivity index is 1.29. The topological polar surface area (TPSA) is 77.5 Å². The first-order valence-corrected chi connectivity index (χ1v) is 13.4. The average molecular weight is 497 g/mol. The molecule has 37 heavy (non-hydrogen) atoms. The summed E-state index contributed by atoms with van der Waals surface area (Å²) in [4.78, 5) is 19.9. The number of hydrogen-bond donors (Lipinski definition) is 3. The Morgan fingerprint density at radius 2 is 1.68 bits per heavy atom. The molecule has 2 aromatic carbocycles. The zero-order valence-electron chi connectivity index (χ0n) is 21.3. The van der Waals surface area contributed by atoms with Crippen molar-refractivity contribution in [2.75, 3.05) is 30.3 Å². The summed E-state index contributed by atoms with van der Waals surface area (Å²) < 4.78 is 0. The van der Waals surface area contributed by atoms with Crippen molar-refractivity contribution in [2.24, 2.45) is 5.92 Å². The molecule has 1 aromatic heterocycles. The van der Waals surface area contributed by atoms with Gasteiger partial charge in [-0.1, -0.05) is 30.3 Å². The third kappa shape index (κ3) is 6.38. The lowest BCUT2D eigenvalue weighted by Crippen LogP contribution is -2.46. The highest BCUT2D eigenvalue weighted by Gasteiger charge is 2.30. The number of amides is 1. The predicted molar refractivity (Wildman–Crippen MR) is 150 cm³/mol. The normalized spacial score (nSPS) is 16.1. The van der Waals surface area contributed by atoms with Crippen molar-refractivity contribution >= 4 is 28.5 Å². The van der Waals surface area contributed by atoms with Crippen LogP contribution in [0, 0.1) is 5.92 Å². The Morgan fingerprint density at radius 1 is 0.973 bits per heavy atom. The number of anilines is 3. The van der Waals surface area contributed by atoms with Crippen LogP contribution in [0.4, 0.5) is 17.1 Å². The Hall–Kier alpha value is -3.64. The number of allylic oxidation sites excluding steroid dienone is 1. The second-order valence-electron chi connectivity index (χ2n) is 10.1. The molecular weight excluding hydrogens is 460 g/mol. The van der Waals surface area contributed by atoms with Crippen LogP contribution >= 0.6 is 0 Å². The Morgan fingerprint density at radius 3 is 2.43 bits per heavy atom. The lowest BCUT2D eigenvalue weighted by Gasteiger charge is -2.35. The van der Waals surface area contributed by atoms with Crippen molar-refractivity contribution in [1.29, 1.82) is 0 Å². The van der Waals surface area contributed by atoms with E-state index in [9.17, 15) is 4.79 Å². The van der Waals surface area contributed by atoms with E-state index in [4.69, 9.17) is 5.11 Å². The maximum Gasteiger partial charge on any atom is 0.245 e. The first-order chi connectivity index (χ1) is 18.2. The second-order valence-corrected chi connectivity index (χ2v) is 10.1. The number of fused-ring (bicyclic) bond motifs is 1. The highest BCUT2D eigenvalue weighted by Crippen LogP contribution is 2.32. The van der Waals surface area contributed by atoms with Crippen LogP contribution in [0.15, 0.2) is 79.1 Å². The smallest absolute Gasteiger partial charge is 0.245 e. The van der Waals surface area contributed by atoms with E-state index in [1.807, 2.05) is 41.3 Å². The molecule has 1 saturated heterocycles. The van der Waals surface area contributed by atoms with E-state index in [1.165, 1.54) is 16.7 Å². The molecule has 1 aliphatic carbocycles. The molecule has 6 nitrogen and oxygen atoms in total. The molecule has 2 heterocycles. The van der Waals surface area contributed by atoms with Crippen LogP contribution in [-0.4, -0.2) is 46.6 Å². The molecule has 0 radical (unpaired) electrons. The number of benzene rings is 2. The number of pyridine rings is 1. The minimum atomic E-state index is -0.328. The number of likely N-dealkylation sites (tertiary alicyclic amines) is 1. The molecule has 1 amide bonds. The molecule has 0 spiro atoms. The number of rotatable bonds is 10. The number of piperidine rings is 1. The van der Waals surface area contributed by atoms with Crippen molar-refractivity contribution in [3.8, 4) is 0 Å². The molecule has 192 valence electrons. The summed E-state index contributed by atoms with van der Waals surface area (Å²) in [6.45, 7) is 1.83. The number of nitrogens with zero attached hydrogens (tertiary/aromatic N) is 2. The van der Waals surface area contributed by atoms with Gasteiger partial charge in [0.05, 0.1) is 0 Å². The lowest BCUT2D eigenvalue weighted by molar-refractivity contribution is -0.133. The van der Waals surface area contributed by atoms with E-state index in [-0.39, 0.29) is 18.6 Å². The maximum absolute atomic E-state index is 13.8. The van der Waals surface area contributed by atoms with E-state index in [0.717, 1.165) is 62.3 Å². The van der Waals surface area contributed by atoms with Crippen LogP contribution in [-0.2, 0) is 11.2 Å². The quantitative estimate of drug-likeness (QED) is 0.338. The van der Waals surface area contributed by atoms with Crippen molar-refractivity contribution in [1.82, 2.24) is 9.88 Å². The number of aliphatic hydroxyl groups excluding tert-OH is 1. The average Bonchev–Trinajstić information content (AvgIpc) is 3.36. The van der Waals surface area contributed by atoms with Gasteiger partial charge in [-0.05, 0) is 91.1 Å². The Bertz CT molecular complexity index is 1200. The van der Waals surface area contributed by atoms with Crippen LogP contribution < -0.4 is 10.6 Å². The fraction of sp³-hybridized carbons (Fsp3) is 0.355. The van der Waals surface area contributed by atoms with Gasteiger partial charge in [-0.2, -0.15) is 0 Å². The second kappa shape index (κ2) is 12.1. The van der Waals surface area contributed by atoms with Crippen molar-refractivity contribution in [3.63, 3.8) is 0 Å². The summed E-state index contributed by atoms with van der Waals surface area (Å²) in [6.07, 6.45) is 11.3. The molecule has 1 atom stereocenters. The van der Waals surface area contributed by atoms with Gasteiger partial charge in [0.2, 0.25) is 5.91 Å². The predicted octanol–water partition coefficient (Wildman–Crippen LogP) is 5.65. The first-order valence-electron chi connectivity index (χ1n) is 13.4. The first kappa shape index (κ1) is 25.0. The molecule has 3 N–H and O–H groups in total. The van der Waals surface area contributed by atoms with Gasteiger partial charge in [0.15, 0.2) is 0 Å². The largest absolute Gasteiger partial charge is 0.396 e. The van der Waals surface area contributed by atoms with Gasteiger partial charge in [-0.3, -0.25) is 9.78 Å². The van der Waals surface area contributed by atoms with E-state index >= 15 is 0 Å². The fourth-order valence-electron chi connectivity index (χ4n) is 5.46. The van der Waals surface area contributed by atoms with Crippen LogP contribution in [0.1, 0.15) is 43.2 Å². The Kier molecular flexibility index (Phi) is 8.16. The van der Waals surface area contributed by atoms with Gasteiger partial charge in [0.25, 0.3) is 0 Å². The SMILES string of the molecule is O=C(C(CC1=CCc2ccccc21)Nc1ccc(Nc2ccncc2)cc1)N1CCC(CCCO)CC1. The van der Waals surface area contributed by atoms with E-state index < -0.39 is 0 Å². The van der Waals surface area contributed by atoms with Crippen LogP contribution in [0.25, 0.3) is 5.57 Å². The molecule has 1 unspecified atom stereocenters.